The second kappa shape index (κ2) is 10.7. The van der Waals surface area contributed by atoms with Crippen LogP contribution in [0.25, 0.3) is 0 Å². The van der Waals surface area contributed by atoms with Crippen LogP contribution in [0.3, 0.4) is 0 Å². The van der Waals surface area contributed by atoms with Crippen LogP contribution in [-0.4, -0.2) is 59.9 Å². The number of aromatic hydroxyl groups is 1. The molecule has 11 heteroatoms. The topological polar surface area (TPSA) is 117 Å². The van der Waals surface area contributed by atoms with Gasteiger partial charge in [0.15, 0.2) is 4.77 Å². The van der Waals surface area contributed by atoms with Crippen molar-refractivity contribution in [3.63, 3.8) is 0 Å². The van der Waals surface area contributed by atoms with Crippen molar-refractivity contribution in [1.82, 2.24) is 13.9 Å². The lowest BCUT2D eigenvalue weighted by Crippen LogP contribution is -2.38. The smallest absolute Gasteiger partial charge is 0.264 e. The van der Waals surface area contributed by atoms with Gasteiger partial charge in [-0.1, -0.05) is 31.4 Å². The minimum absolute atomic E-state index is 0.0480. The summed E-state index contributed by atoms with van der Waals surface area (Å²) in [6.45, 7) is 2.05. The Morgan fingerprint density at radius 1 is 1.30 bits per heavy atom. The number of H-pyrrole nitrogens is 1. The molecule has 0 amide bonds. The summed E-state index contributed by atoms with van der Waals surface area (Å²) in [5, 5.41) is 10.7. The van der Waals surface area contributed by atoms with Gasteiger partial charge in [-0.2, -0.15) is 4.31 Å². The Hall–Kier alpha value is -2.34. The highest BCUT2D eigenvalue weighted by Crippen LogP contribution is 2.31. The predicted octanol–water partition coefficient (Wildman–Crippen LogP) is 3.35. The normalized spacial score (nSPS) is 15.8. The second-order valence-electron chi connectivity index (χ2n) is 8.08. The molecule has 2 N–H and O–H groups in total. The van der Waals surface area contributed by atoms with E-state index in [2.05, 4.69) is 9.98 Å². The first kappa shape index (κ1) is 25.3. The first-order chi connectivity index (χ1) is 15.7. The molecule has 0 spiro atoms. The second-order valence-corrected chi connectivity index (χ2v) is 10.4. The van der Waals surface area contributed by atoms with E-state index in [0.29, 0.717) is 0 Å². The van der Waals surface area contributed by atoms with Crippen LogP contribution >= 0.6 is 12.2 Å². The van der Waals surface area contributed by atoms with E-state index < -0.39 is 15.6 Å². The Kier molecular flexibility index (Phi) is 8.22. The molecule has 0 unspecified atom stereocenters. The zero-order valence-corrected chi connectivity index (χ0v) is 20.7. The highest BCUT2D eigenvalue weighted by molar-refractivity contribution is 7.89. The zero-order valence-electron chi connectivity index (χ0n) is 19.1. The lowest BCUT2D eigenvalue weighted by Gasteiger charge is -2.30. The van der Waals surface area contributed by atoms with Gasteiger partial charge in [0.25, 0.3) is 5.56 Å². The van der Waals surface area contributed by atoms with Gasteiger partial charge in [0.2, 0.25) is 15.9 Å². The van der Waals surface area contributed by atoms with E-state index >= 15 is 0 Å². The molecule has 180 valence electrons. The van der Waals surface area contributed by atoms with Crippen molar-refractivity contribution >= 4 is 33.6 Å². The van der Waals surface area contributed by atoms with Gasteiger partial charge in [-0.15, -0.1) is 0 Å². The maximum absolute atomic E-state index is 13.4. The van der Waals surface area contributed by atoms with Crippen molar-refractivity contribution in [2.75, 3.05) is 20.8 Å². The molecule has 0 radical (unpaired) electrons. The zero-order chi connectivity index (χ0) is 24.2. The Morgan fingerprint density at radius 2 is 1.97 bits per heavy atom. The SMILES string of the molecule is COCCn1c(O)c(C(C)=Nc2ccccc2S(=O)(=O)N(C)C2CCCCC2)c(=O)[nH]c1=S. The maximum atomic E-state index is 13.4. The third kappa shape index (κ3) is 5.43. The molecule has 0 saturated heterocycles. The van der Waals surface area contributed by atoms with Gasteiger partial charge in [-0.05, 0) is 44.1 Å². The fourth-order valence-electron chi connectivity index (χ4n) is 4.08. The van der Waals surface area contributed by atoms with E-state index in [1.54, 1.807) is 32.2 Å². The molecule has 9 nitrogen and oxygen atoms in total. The number of methoxy groups -OCH3 is 1. The molecular formula is C22H30N4O5S2. The number of nitrogens with zero attached hydrogens (tertiary/aromatic N) is 3. The molecule has 0 atom stereocenters. The van der Waals surface area contributed by atoms with Crippen LogP contribution in [0.1, 0.15) is 44.6 Å². The number of rotatable bonds is 8. The highest BCUT2D eigenvalue weighted by Gasteiger charge is 2.30. The van der Waals surface area contributed by atoms with Gasteiger partial charge in [-0.25, -0.2) is 8.42 Å². The molecular weight excluding hydrogens is 464 g/mol. The first-order valence-corrected chi connectivity index (χ1v) is 12.7. The molecule has 1 saturated carbocycles. The monoisotopic (exact) mass is 494 g/mol. The molecule has 0 bridgehead atoms. The molecule has 1 aliphatic carbocycles. The van der Waals surface area contributed by atoms with Crippen molar-refractivity contribution in [2.45, 2.75) is 56.5 Å². The van der Waals surface area contributed by atoms with E-state index in [-0.39, 0.29) is 51.7 Å². The number of hydrogen-bond acceptors (Lipinski definition) is 7. The van der Waals surface area contributed by atoms with E-state index in [9.17, 15) is 18.3 Å². The van der Waals surface area contributed by atoms with Crippen LogP contribution in [0.2, 0.25) is 0 Å². The minimum atomic E-state index is -3.80. The third-order valence-corrected chi connectivity index (χ3v) is 8.23. The summed E-state index contributed by atoms with van der Waals surface area (Å²) in [4.78, 5) is 19.6. The summed E-state index contributed by atoms with van der Waals surface area (Å²) in [7, 11) is -0.682. The quantitative estimate of drug-likeness (QED) is 0.429. The summed E-state index contributed by atoms with van der Waals surface area (Å²) in [5.41, 5.74) is -0.320. The van der Waals surface area contributed by atoms with Gasteiger partial charge in [-0.3, -0.25) is 19.3 Å². The van der Waals surface area contributed by atoms with Crippen molar-refractivity contribution < 1.29 is 18.3 Å². The largest absolute Gasteiger partial charge is 0.494 e. The van der Waals surface area contributed by atoms with Crippen molar-refractivity contribution in [3.8, 4) is 5.88 Å². The summed E-state index contributed by atoms with van der Waals surface area (Å²) >= 11 is 5.14. The standard InChI is InChI=1S/C22H30N4O5S2/c1-15(19-20(27)24-22(32)26(21(19)28)13-14-31-3)23-17-11-7-8-12-18(17)33(29,30)25(2)16-9-5-4-6-10-16/h7-8,11-12,16,28H,4-6,9-10,13-14H2,1-3H3,(H,24,27,32). The number of aromatic nitrogens is 2. The maximum Gasteiger partial charge on any atom is 0.264 e. The van der Waals surface area contributed by atoms with Crippen LogP contribution in [0.15, 0.2) is 38.9 Å². The molecule has 1 fully saturated rings. The summed E-state index contributed by atoms with van der Waals surface area (Å²) in [6.07, 6.45) is 4.80. The summed E-state index contributed by atoms with van der Waals surface area (Å²) < 4.78 is 34.7. The van der Waals surface area contributed by atoms with Gasteiger partial charge >= 0.3 is 0 Å². The van der Waals surface area contributed by atoms with Gasteiger partial charge < -0.3 is 9.84 Å². The number of sulfonamides is 1. The fourth-order valence-corrected chi connectivity index (χ4v) is 5.89. The lowest BCUT2D eigenvalue weighted by molar-refractivity contribution is 0.182. The first-order valence-electron chi connectivity index (χ1n) is 10.9. The Morgan fingerprint density at radius 3 is 2.64 bits per heavy atom. The van der Waals surface area contributed by atoms with E-state index in [0.717, 1.165) is 32.1 Å². The van der Waals surface area contributed by atoms with Crippen LogP contribution in [0, 0.1) is 4.77 Å². The van der Waals surface area contributed by atoms with Gasteiger partial charge in [0, 0.05) is 20.2 Å². The molecule has 1 heterocycles. The number of aromatic amines is 1. The third-order valence-electron chi connectivity index (χ3n) is 5.95. The lowest BCUT2D eigenvalue weighted by atomic mass is 9.96. The number of ether oxygens (including phenoxy) is 1. The summed E-state index contributed by atoms with van der Waals surface area (Å²) in [6, 6.07) is 6.37. The Balaban J connectivity index is 2.05. The van der Waals surface area contributed by atoms with Crippen molar-refractivity contribution in [3.05, 3.63) is 45.0 Å². The Bertz CT molecular complexity index is 1240. The molecule has 2 aromatic rings. The molecule has 33 heavy (non-hydrogen) atoms. The molecule has 0 aliphatic heterocycles. The number of hydrogen-bond donors (Lipinski definition) is 2. The van der Waals surface area contributed by atoms with E-state index in [4.69, 9.17) is 17.0 Å². The number of nitrogens with one attached hydrogen (secondary N) is 1. The Labute approximate surface area is 198 Å². The van der Waals surface area contributed by atoms with E-state index in [1.165, 1.54) is 22.0 Å². The summed E-state index contributed by atoms with van der Waals surface area (Å²) in [5.74, 6) is -0.346. The van der Waals surface area contributed by atoms with Crippen molar-refractivity contribution in [2.24, 2.45) is 4.99 Å². The number of para-hydroxylation sites is 1. The molecule has 1 aromatic heterocycles. The highest BCUT2D eigenvalue weighted by atomic mass is 32.2. The average molecular weight is 495 g/mol. The average Bonchev–Trinajstić information content (AvgIpc) is 2.79. The van der Waals surface area contributed by atoms with Crippen LogP contribution in [0.5, 0.6) is 5.88 Å². The number of aliphatic imine (C=N–C) groups is 1. The minimum Gasteiger partial charge on any atom is -0.494 e. The number of benzene rings is 1. The van der Waals surface area contributed by atoms with Gasteiger partial charge in [0.05, 0.1) is 24.6 Å². The van der Waals surface area contributed by atoms with Crippen molar-refractivity contribution in [1.29, 1.82) is 0 Å². The van der Waals surface area contributed by atoms with E-state index in [1.807, 2.05) is 0 Å². The van der Waals surface area contributed by atoms with Gasteiger partial charge in [0.1, 0.15) is 10.5 Å². The molecule has 1 aliphatic rings. The van der Waals surface area contributed by atoms with Crippen LogP contribution in [0.4, 0.5) is 5.69 Å². The predicted molar refractivity (Wildman–Crippen MR) is 130 cm³/mol. The fraction of sp³-hybridized carbons (Fsp3) is 0.500. The molecule has 3 rings (SSSR count). The van der Waals surface area contributed by atoms with Crippen LogP contribution in [-0.2, 0) is 21.3 Å². The van der Waals surface area contributed by atoms with Crippen LogP contribution < -0.4 is 5.56 Å². The molecule has 1 aromatic carbocycles.